The van der Waals surface area contributed by atoms with Gasteiger partial charge in [0, 0.05) is 11.8 Å². The topological polar surface area (TPSA) is 64.4 Å². The Morgan fingerprint density at radius 3 is 2.89 bits per heavy atom. The largest absolute Gasteiger partial charge is 0.496 e. The van der Waals surface area contributed by atoms with Crippen molar-refractivity contribution in [2.75, 3.05) is 7.11 Å². The molecule has 0 saturated heterocycles. The molecule has 0 saturated carbocycles. The lowest BCUT2D eigenvalue weighted by Gasteiger charge is -2.10. The minimum atomic E-state index is -0.987. The van der Waals surface area contributed by atoms with Gasteiger partial charge in [-0.05, 0) is 19.1 Å². The maximum atomic E-state index is 11.0. The lowest BCUT2D eigenvalue weighted by Crippen LogP contribution is -2.11. The smallest absolute Gasteiger partial charge is 0.354 e. The number of nitrogens with zero attached hydrogens (tertiary/aromatic N) is 2. The van der Waals surface area contributed by atoms with Gasteiger partial charge in [-0.15, -0.1) is 0 Å². The number of carbonyl (C=O) groups is 1. The fraction of sp³-hybridized carbons (Fsp3) is 0.231. The van der Waals surface area contributed by atoms with Crippen LogP contribution in [-0.2, 0) is 6.54 Å². The summed E-state index contributed by atoms with van der Waals surface area (Å²) in [5.74, 6) is -0.258. The van der Waals surface area contributed by atoms with Crippen LogP contribution in [0.15, 0.2) is 30.5 Å². The van der Waals surface area contributed by atoms with Crippen molar-refractivity contribution in [1.82, 2.24) is 9.78 Å². The number of methoxy groups -OCH3 is 1. The average Bonchev–Trinajstić information content (AvgIpc) is 2.77. The molecule has 2 rings (SSSR count). The molecule has 5 nitrogen and oxygen atoms in total. The van der Waals surface area contributed by atoms with Gasteiger partial charge in [0.05, 0.1) is 13.7 Å². The molecule has 0 fully saturated rings. The normalized spacial score (nSPS) is 10.3. The third-order valence-corrected chi connectivity index (χ3v) is 2.69. The molecule has 1 aromatic heterocycles. The van der Waals surface area contributed by atoms with E-state index in [1.807, 2.05) is 25.1 Å². The number of hydrogen-bond donors (Lipinski definition) is 1. The predicted molar refractivity (Wildman–Crippen MR) is 66.0 cm³/mol. The molecule has 0 bridgehead atoms. The van der Waals surface area contributed by atoms with Crippen LogP contribution in [-0.4, -0.2) is 28.0 Å². The van der Waals surface area contributed by atoms with Crippen LogP contribution in [0, 0.1) is 6.92 Å². The Kier molecular flexibility index (Phi) is 3.32. The third kappa shape index (κ3) is 2.34. The molecule has 5 heteroatoms. The third-order valence-electron chi connectivity index (χ3n) is 2.69. The van der Waals surface area contributed by atoms with Crippen molar-refractivity contribution in [1.29, 1.82) is 0 Å². The molecule has 0 unspecified atom stereocenters. The van der Waals surface area contributed by atoms with Crippen LogP contribution < -0.4 is 4.74 Å². The summed E-state index contributed by atoms with van der Waals surface area (Å²) in [6, 6.07) is 7.26. The number of carboxylic acids is 1. The Bertz CT molecular complexity index is 575. The zero-order chi connectivity index (χ0) is 13.1. The molecule has 0 aliphatic carbocycles. The highest BCUT2D eigenvalue weighted by Gasteiger charge is 2.12. The van der Waals surface area contributed by atoms with E-state index in [-0.39, 0.29) is 5.69 Å². The van der Waals surface area contributed by atoms with E-state index in [0.717, 1.165) is 16.9 Å². The van der Waals surface area contributed by atoms with Crippen molar-refractivity contribution in [3.8, 4) is 5.75 Å². The second kappa shape index (κ2) is 4.91. The first-order valence-corrected chi connectivity index (χ1v) is 5.50. The fourth-order valence-electron chi connectivity index (χ4n) is 1.83. The van der Waals surface area contributed by atoms with E-state index in [2.05, 4.69) is 5.10 Å². The number of benzene rings is 1. The fourth-order valence-corrected chi connectivity index (χ4v) is 1.83. The molecule has 2 aromatic rings. The second-order valence-corrected chi connectivity index (χ2v) is 3.99. The summed E-state index contributed by atoms with van der Waals surface area (Å²) in [6.45, 7) is 2.35. The first-order chi connectivity index (χ1) is 8.61. The molecule has 0 aliphatic rings. The number of aromatic nitrogens is 2. The van der Waals surface area contributed by atoms with Crippen LogP contribution in [0.4, 0.5) is 0 Å². The standard InChI is InChI=1S/C13H14N2O3/c1-9-3-4-12(18-2)10(7-9)8-15-11(13(16)17)5-6-14-15/h3-7H,8H2,1-2H3,(H,16,17). The number of aromatic carboxylic acids is 1. The first kappa shape index (κ1) is 12.2. The zero-order valence-electron chi connectivity index (χ0n) is 10.3. The van der Waals surface area contributed by atoms with Crippen molar-refractivity contribution in [3.63, 3.8) is 0 Å². The van der Waals surface area contributed by atoms with Crippen molar-refractivity contribution >= 4 is 5.97 Å². The highest BCUT2D eigenvalue weighted by molar-refractivity contribution is 5.85. The molecule has 0 spiro atoms. The molecule has 18 heavy (non-hydrogen) atoms. The molecule has 1 aromatic carbocycles. The molecule has 0 amide bonds. The maximum Gasteiger partial charge on any atom is 0.354 e. The predicted octanol–water partition coefficient (Wildman–Crippen LogP) is 1.95. The Morgan fingerprint density at radius 2 is 2.22 bits per heavy atom. The minimum Gasteiger partial charge on any atom is -0.496 e. The summed E-state index contributed by atoms with van der Waals surface area (Å²) in [6.07, 6.45) is 1.48. The molecular formula is C13H14N2O3. The van der Waals surface area contributed by atoms with E-state index < -0.39 is 5.97 Å². The highest BCUT2D eigenvalue weighted by atomic mass is 16.5. The summed E-state index contributed by atoms with van der Waals surface area (Å²) < 4.78 is 6.70. The quantitative estimate of drug-likeness (QED) is 0.895. The summed E-state index contributed by atoms with van der Waals surface area (Å²) >= 11 is 0. The SMILES string of the molecule is COc1ccc(C)cc1Cn1nccc1C(=O)O. The van der Waals surface area contributed by atoms with Crippen LogP contribution in [0.1, 0.15) is 21.6 Å². The van der Waals surface area contributed by atoms with Gasteiger partial charge in [0.15, 0.2) is 0 Å². The average molecular weight is 246 g/mol. The molecule has 0 atom stereocenters. The van der Waals surface area contributed by atoms with Crippen LogP contribution in [0.2, 0.25) is 0 Å². The van der Waals surface area contributed by atoms with E-state index in [1.165, 1.54) is 16.9 Å². The zero-order valence-corrected chi connectivity index (χ0v) is 10.3. The highest BCUT2D eigenvalue weighted by Crippen LogP contribution is 2.21. The van der Waals surface area contributed by atoms with Crippen molar-refractivity contribution < 1.29 is 14.6 Å². The van der Waals surface area contributed by atoms with Crippen LogP contribution in [0.3, 0.4) is 0 Å². The number of hydrogen-bond acceptors (Lipinski definition) is 3. The second-order valence-electron chi connectivity index (χ2n) is 3.99. The molecule has 94 valence electrons. The summed E-state index contributed by atoms with van der Waals surface area (Å²) in [7, 11) is 1.59. The molecule has 1 N–H and O–H groups in total. The van der Waals surface area contributed by atoms with Gasteiger partial charge >= 0.3 is 5.97 Å². The lowest BCUT2D eigenvalue weighted by atomic mass is 10.1. The van der Waals surface area contributed by atoms with Crippen LogP contribution >= 0.6 is 0 Å². The summed E-state index contributed by atoms with van der Waals surface area (Å²) in [5, 5.41) is 13.0. The van der Waals surface area contributed by atoms with Crippen molar-refractivity contribution in [2.45, 2.75) is 13.5 Å². The number of ether oxygens (including phenoxy) is 1. The van der Waals surface area contributed by atoms with E-state index in [0.29, 0.717) is 6.54 Å². The number of rotatable bonds is 4. The van der Waals surface area contributed by atoms with Gasteiger partial charge in [0.25, 0.3) is 0 Å². The van der Waals surface area contributed by atoms with Gasteiger partial charge < -0.3 is 9.84 Å². The van der Waals surface area contributed by atoms with Crippen molar-refractivity contribution in [2.24, 2.45) is 0 Å². The van der Waals surface area contributed by atoms with Gasteiger partial charge in [-0.3, -0.25) is 4.68 Å². The molecule has 0 radical (unpaired) electrons. The minimum absolute atomic E-state index is 0.165. The maximum absolute atomic E-state index is 11.0. The number of carboxylic acid groups (broad SMARTS) is 1. The lowest BCUT2D eigenvalue weighted by molar-refractivity contribution is 0.0684. The van der Waals surface area contributed by atoms with E-state index >= 15 is 0 Å². The molecule has 0 aliphatic heterocycles. The Labute approximate surface area is 105 Å². The monoisotopic (exact) mass is 246 g/mol. The van der Waals surface area contributed by atoms with Gasteiger partial charge in [-0.25, -0.2) is 4.79 Å². The van der Waals surface area contributed by atoms with Gasteiger partial charge in [0.1, 0.15) is 11.4 Å². The van der Waals surface area contributed by atoms with E-state index in [9.17, 15) is 4.79 Å². The van der Waals surface area contributed by atoms with E-state index in [4.69, 9.17) is 9.84 Å². The summed E-state index contributed by atoms with van der Waals surface area (Å²) in [4.78, 5) is 11.0. The van der Waals surface area contributed by atoms with Gasteiger partial charge in [0.2, 0.25) is 0 Å². The molecule has 1 heterocycles. The van der Waals surface area contributed by atoms with Crippen LogP contribution in [0.25, 0.3) is 0 Å². The Morgan fingerprint density at radius 1 is 1.44 bits per heavy atom. The summed E-state index contributed by atoms with van der Waals surface area (Å²) in [5.41, 5.74) is 2.16. The molecular weight excluding hydrogens is 232 g/mol. The van der Waals surface area contributed by atoms with Crippen LogP contribution in [0.5, 0.6) is 5.75 Å². The Hall–Kier alpha value is -2.30. The van der Waals surface area contributed by atoms with Crippen molar-refractivity contribution in [3.05, 3.63) is 47.3 Å². The van der Waals surface area contributed by atoms with E-state index in [1.54, 1.807) is 7.11 Å². The Balaban J connectivity index is 2.36. The first-order valence-electron chi connectivity index (χ1n) is 5.50. The van der Waals surface area contributed by atoms with Gasteiger partial charge in [-0.1, -0.05) is 17.7 Å². The number of aryl methyl sites for hydroxylation is 1. The van der Waals surface area contributed by atoms with Gasteiger partial charge in [-0.2, -0.15) is 5.10 Å².